The number of aromatic nitrogens is 1. The molecule has 1 aromatic carbocycles. The fourth-order valence-electron chi connectivity index (χ4n) is 3.18. The van der Waals surface area contributed by atoms with Crippen molar-refractivity contribution in [3.8, 4) is 0 Å². The van der Waals surface area contributed by atoms with E-state index in [1.54, 1.807) is 26.8 Å². The molecule has 1 aliphatic heterocycles. The number of benzene rings is 1. The summed E-state index contributed by atoms with van der Waals surface area (Å²) in [4.78, 5) is 25.4. The molecule has 1 fully saturated rings. The zero-order valence-corrected chi connectivity index (χ0v) is 19.1. The Kier molecular flexibility index (Phi) is 7.64. The lowest BCUT2D eigenvalue weighted by Crippen LogP contribution is -2.45. The van der Waals surface area contributed by atoms with Crippen molar-refractivity contribution in [2.24, 2.45) is 5.92 Å². The van der Waals surface area contributed by atoms with Gasteiger partial charge in [0, 0.05) is 24.7 Å². The quantitative estimate of drug-likeness (QED) is 0.581. The van der Waals surface area contributed by atoms with Gasteiger partial charge in [-0.3, -0.25) is 4.79 Å². The van der Waals surface area contributed by atoms with Gasteiger partial charge in [0.2, 0.25) is 10.0 Å². The van der Waals surface area contributed by atoms with E-state index in [-0.39, 0.29) is 36.1 Å². The molecule has 0 aliphatic carbocycles. The van der Waals surface area contributed by atoms with Crippen molar-refractivity contribution < 1.29 is 32.0 Å². The number of nitrogens with one attached hydrogen (secondary N) is 1. The van der Waals surface area contributed by atoms with E-state index < -0.39 is 27.9 Å². The van der Waals surface area contributed by atoms with Crippen molar-refractivity contribution in [3.63, 3.8) is 0 Å². The van der Waals surface area contributed by atoms with E-state index in [0.717, 1.165) is 0 Å². The fraction of sp³-hybridized carbons (Fsp3) is 0.476. The highest BCUT2D eigenvalue weighted by molar-refractivity contribution is 7.89. The molecule has 3 rings (SSSR count). The lowest BCUT2D eigenvalue weighted by molar-refractivity contribution is -0.148. The first-order valence-electron chi connectivity index (χ1n) is 10.3. The number of rotatable bonds is 8. The van der Waals surface area contributed by atoms with Gasteiger partial charge in [-0.15, -0.1) is 0 Å². The SMILES string of the molecule is Cc1cc(COC(=O)[C@@H](NC(=O)c2cccc(S(=O)(=O)N3CCOCC3)c2)C(C)C)no1. The van der Waals surface area contributed by atoms with Crippen LogP contribution in [0.1, 0.15) is 35.7 Å². The predicted molar refractivity (Wildman–Crippen MR) is 113 cm³/mol. The number of amides is 1. The molecule has 1 N–H and O–H groups in total. The third-order valence-electron chi connectivity index (χ3n) is 4.95. The van der Waals surface area contributed by atoms with Gasteiger partial charge in [0.05, 0.1) is 18.1 Å². The molecule has 1 saturated heterocycles. The molecule has 0 saturated carbocycles. The molecule has 2 aromatic rings. The molecule has 32 heavy (non-hydrogen) atoms. The highest BCUT2D eigenvalue weighted by Crippen LogP contribution is 2.19. The van der Waals surface area contributed by atoms with Crippen LogP contribution in [-0.4, -0.2) is 62.1 Å². The average molecular weight is 466 g/mol. The summed E-state index contributed by atoms with van der Waals surface area (Å²) in [7, 11) is -3.75. The second kappa shape index (κ2) is 10.2. The van der Waals surface area contributed by atoms with Gasteiger partial charge in [-0.25, -0.2) is 13.2 Å². The van der Waals surface area contributed by atoms with Crippen LogP contribution < -0.4 is 5.32 Å². The van der Waals surface area contributed by atoms with Gasteiger partial charge in [-0.05, 0) is 31.0 Å². The van der Waals surface area contributed by atoms with Crippen LogP contribution in [0.4, 0.5) is 0 Å². The molecular weight excluding hydrogens is 438 g/mol. The monoisotopic (exact) mass is 465 g/mol. The van der Waals surface area contributed by atoms with E-state index >= 15 is 0 Å². The van der Waals surface area contributed by atoms with Gasteiger partial charge in [-0.2, -0.15) is 4.31 Å². The highest BCUT2D eigenvalue weighted by Gasteiger charge is 2.29. The second-order valence-corrected chi connectivity index (χ2v) is 9.71. The van der Waals surface area contributed by atoms with E-state index in [4.69, 9.17) is 14.0 Å². The first kappa shape index (κ1) is 23.9. The Bertz CT molecular complexity index is 1060. The van der Waals surface area contributed by atoms with Crippen molar-refractivity contribution in [1.82, 2.24) is 14.8 Å². The Hall–Kier alpha value is -2.76. The van der Waals surface area contributed by atoms with Crippen LogP contribution in [0.25, 0.3) is 0 Å². The van der Waals surface area contributed by atoms with Crippen LogP contribution in [0.3, 0.4) is 0 Å². The summed E-state index contributed by atoms with van der Waals surface area (Å²) in [5.74, 6) is -0.856. The lowest BCUT2D eigenvalue weighted by atomic mass is 10.0. The fourth-order valence-corrected chi connectivity index (χ4v) is 4.63. The number of aryl methyl sites for hydroxylation is 1. The smallest absolute Gasteiger partial charge is 0.329 e. The molecule has 0 unspecified atom stereocenters. The Balaban J connectivity index is 1.70. The van der Waals surface area contributed by atoms with Crippen molar-refractivity contribution in [2.75, 3.05) is 26.3 Å². The van der Waals surface area contributed by atoms with Gasteiger partial charge in [0.15, 0.2) is 0 Å². The first-order valence-corrected chi connectivity index (χ1v) is 11.7. The van der Waals surface area contributed by atoms with Crippen molar-refractivity contribution in [3.05, 3.63) is 47.3 Å². The highest BCUT2D eigenvalue weighted by atomic mass is 32.2. The van der Waals surface area contributed by atoms with Crippen LogP contribution in [0.2, 0.25) is 0 Å². The molecule has 174 valence electrons. The van der Waals surface area contributed by atoms with Crippen LogP contribution in [0, 0.1) is 12.8 Å². The maximum Gasteiger partial charge on any atom is 0.329 e. The molecule has 0 bridgehead atoms. The lowest BCUT2D eigenvalue weighted by Gasteiger charge is -2.26. The van der Waals surface area contributed by atoms with E-state index in [1.807, 2.05) is 0 Å². The molecule has 11 heteroatoms. The van der Waals surface area contributed by atoms with E-state index in [2.05, 4.69) is 10.5 Å². The maximum atomic E-state index is 12.9. The summed E-state index contributed by atoms with van der Waals surface area (Å²) in [6, 6.07) is 6.47. The number of hydrogen-bond donors (Lipinski definition) is 1. The minimum Gasteiger partial charge on any atom is -0.458 e. The number of ether oxygens (including phenoxy) is 2. The maximum absolute atomic E-state index is 12.9. The van der Waals surface area contributed by atoms with Crippen molar-refractivity contribution in [1.29, 1.82) is 0 Å². The third-order valence-corrected chi connectivity index (χ3v) is 6.84. The third kappa shape index (κ3) is 5.72. The molecule has 0 radical (unpaired) electrons. The minimum atomic E-state index is -3.75. The zero-order valence-electron chi connectivity index (χ0n) is 18.2. The summed E-state index contributed by atoms with van der Waals surface area (Å²) in [5.41, 5.74) is 0.593. The molecule has 0 spiro atoms. The normalized spacial score (nSPS) is 16.0. The molecule has 1 amide bonds. The van der Waals surface area contributed by atoms with Crippen LogP contribution in [-0.2, 0) is 30.9 Å². The molecular formula is C21H27N3O7S. The minimum absolute atomic E-state index is 0.0112. The number of carbonyl (C=O) groups excluding carboxylic acids is 2. The standard InChI is InChI=1S/C21H27N3O7S/c1-14(2)19(21(26)30-13-17-11-15(3)31-23-17)22-20(25)16-5-4-6-18(12-16)32(27,28)24-7-9-29-10-8-24/h4-6,11-12,14,19H,7-10,13H2,1-3H3,(H,22,25)/t19-/m0/s1. The Labute approximate surface area is 186 Å². The molecule has 1 aromatic heterocycles. The Morgan fingerprint density at radius 2 is 1.94 bits per heavy atom. The Morgan fingerprint density at radius 1 is 1.22 bits per heavy atom. The number of sulfonamides is 1. The van der Waals surface area contributed by atoms with Gasteiger partial charge in [-0.1, -0.05) is 25.1 Å². The Morgan fingerprint density at radius 3 is 2.56 bits per heavy atom. The molecule has 10 nitrogen and oxygen atoms in total. The van der Waals surface area contributed by atoms with Gasteiger partial charge in [0.25, 0.3) is 5.91 Å². The number of hydrogen-bond acceptors (Lipinski definition) is 8. The van der Waals surface area contributed by atoms with Crippen molar-refractivity contribution >= 4 is 21.9 Å². The van der Waals surface area contributed by atoms with Gasteiger partial charge < -0.3 is 19.3 Å². The first-order chi connectivity index (χ1) is 15.2. The summed E-state index contributed by atoms with van der Waals surface area (Å²) in [5, 5.41) is 6.41. The van der Waals surface area contributed by atoms with Crippen LogP contribution in [0.5, 0.6) is 0 Å². The zero-order chi connectivity index (χ0) is 23.3. The number of carbonyl (C=O) groups is 2. The van der Waals surface area contributed by atoms with Crippen molar-refractivity contribution in [2.45, 2.75) is 38.3 Å². The van der Waals surface area contributed by atoms with E-state index in [9.17, 15) is 18.0 Å². The summed E-state index contributed by atoms with van der Waals surface area (Å²) in [6.45, 7) is 6.34. The topological polar surface area (TPSA) is 128 Å². The van der Waals surface area contributed by atoms with Crippen LogP contribution >= 0.6 is 0 Å². The summed E-state index contributed by atoms with van der Waals surface area (Å²) < 4.78 is 42.5. The average Bonchev–Trinajstić information content (AvgIpc) is 3.21. The van der Waals surface area contributed by atoms with E-state index in [1.165, 1.54) is 28.6 Å². The summed E-state index contributed by atoms with van der Waals surface area (Å²) in [6.07, 6.45) is 0. The summed E-state index contributed by atoms with van der Waals surface area (Å²) >= 11 is 0. The predicted octanol–water partition coefficient (Wildman–Crippen LogP) is 1.50. The largest absolute Gasteiger partial charge is 0.458 e. The van der Waals surface area contributed by atoms with Gasteiger partial charge in [0.1, 0.15) is 24.1 Å². The molecule has 1 aliphatic rings. The molecule has 2 heterocycles. The number of nitrogens with zero attached hydrogens (tertiary/aromatic N) is 2. The van der Waals surface area contributed by atoms with Gasteiger partial charge >= 0.3 is 5.97 Å². The molecule has 1 atom stereocenters. The second-order valence-electron chi connectivity index (χ2n) is 7.78. The van der Waals surface area contributed by atoms with Crippen LogP contribution in [0.15, 0.2) is 39.8 Å². The number of morpholine rings is 1. The van der Waals surface area contributed by atoms with E-state index in [0.29, 0.717) is 24.7 Å². The number of esters is 1.